The molecule has 0 radical (unpaired) electrons. The van der Waals surface area contributed by atoms with Crippen LogP contribution in [0.5, 0.6) is 17.2 Å². The van der Waals surface area contributed by atoms with Crippen LogP contribution in [0.1, 0.15) is 28.4 Å². The number of nitrogens with zero attached hydrogens (tertiary/aromatic N) is 3. The van der Waals surface area contributed by atoms with Gasteiger partial charge in [0.25, 0.3) is 5.91 Å². The van der Waals surface area contributed by atoms with Gasteiger partial charge < -0.3 is 19.3 Å². The van der Waals surface area contributed by atoms with E-state index in [1.807, 2.05) is 50.2 Å². The summed E-state index contributed by atoms with van der Waals surface area (Å²) in [5.41, 5.74) is 2.76. The summed E-state index contributed by atoms with van der Waals surface area (Å²) in [7, 11) is 1.63. The van der Waals surface area contributed by atoms with Gasteiger partial charge in [-0.25, -0.2) is 9.38 Å². The van der Waals surface area contributed by atoms with Crippen LogP contribution in [-0.2, 0) is 0 Å². The number of halogens is 1. The maximum absolute atomic E-state index is 14.2. The minimum Gasteiger partial charge on any atom is -0.497 e. The molecule has 2 heterocycles. The Hall–Kier alpha value is -3.87. The second-order valence-electron chi connectivity index (χ2n) is 8.64. The highest BCUT2D eigenvalue weighted by atomic mass is 19.1. The highest BCUT2D eigenvalue weighted by molar-refractivity contribution is 6.04. The number of piperazine rings is 1. The molecule has 1 saturated heterocycles. The van der Waals surface area contributed by atoms with Crippen molar-refractivity contribution in [3.8, 4) is 17.2 Å². The topological polar surface area (TPSA) is 54.4 Å². The van der Waals surface area contributed by atoms with Gasteiger partial charge in [0, 0.05) is 25.7 Å². The fourth-order valence-electron chi connectivity index (χ4n) is 4.47. The van der Waals surface area contributed by atoms with E-state index in [9.17, 15) is 9.18 Å². The van der Waals surface area contributed by atoms with Crippen LogP contribution in [0.3, 0.4) is 0 Å². The van der Waals surface area contributed by atoms with Crippen molar-refractivity contribution in [2.45, 2.75) is 19.9 Å². The van der Waals surface area contributed by atoms with Gasteiger partial charge >= 0.3 is 0 Å². The fourth-order valence-corrected chi connectivity index (χ4v) is 4.47. The van der Waals surface area contributed by atoms with E-state index < -0.39 is 5.82 Å². The van der Waals surface area contributed by atoms with Gasteiger partial charge in [0.05, 0.1) is 18.2 Å². The Balaban J connectivity index is 1.49. The lowest BCUT2D eigenvalue weighted by atomic mass is 10.1. The number of amidine groups is 1. The van der Waals surface area contributed by atoms with E-state index in [0.717, 1.165) is 22.6 Å². The molecule has 0 aromatic heterocycles. The van der Waals surface area contributed by atoms with Crippen LogP contribution in [0.25, 0.3) is 0 Å². The maximum atomic E-state index is 14.2. The Morgan fingerprint density at radius 1 is 1.09 bits per heavy atom. The molecule has 1 amide bonds. The van der Waals surface area contributed by atoms with Gasteiger partial charge in [0.1, 0.15) is 28.8 Å². The number of fused-ring (bicyclic) bond motifs is 2. The van der Waals surface area contributed by atoms with Crippen LogP contribution in [0.15, 0.2) is 65.7 Å². The van der Waals surface area contributed by atoms with E-state index in [-0.39, 0.29) is 17.5 Å². The SMILES string of the molecule is COc1ccc2c(c1)C(N1CCN(C(=O)c3ccccc3F)C(C)C1)=Nc1ccc(C)cc1O2. The van der Waals surface area contributed by atoms with E-state index in [1.165, 1.54) is 12.1 Å². The van der Waals surface area contributed by atoms with Crippen molar-refractivity contribution in [1.29, 1.82) is 0 Å². The first-order valence-electron chi connectivity index (χ1n) is 11.3. The van der Waals surface area contributed by atoms with Crippen LogP contribution in [0, 0.1) is 12.7 Å². The van der Waals surface area contributed by atoms with Crippen LogP contribution in [-0.4, -0.2) is 54.3 Å². The van der Waals surface area contributed by atoms with Crippen LogP contribution >= 0.6 is 0 Å². The molecular formula is C27H26FN3O3. The number of hydrogen-bond acceptors (Lipinski definition) is 5. The second-order valence-corrected chi connectivity index (χ2v) is 8.64. The van der Waals surface area contributed by atoms with Crippen molar-refractivity contribution < 1.29 is 18.7 Å². The van der Waals surface area contributed by atoms with E-state index in [1.54, 1.807) is 24.1 Å². The molecular weight excluding hydrogens is 433 g/mol. The average molecular weight is 460 g/mol. The minimum atomic E-state index is -0.500. The number of rotatable bonds is 2. The van der Waals surface area contributed by atoms with Gasteiger partial charge in [-0.05, 0) is 61.9 Å². The molecule has 34 heavy (non-hydrogen) atoms. The standard InChI is InChI=1S/C27H26FN3O3/c1-17-8-10-23-25(14-17)34-24-11-9-19(33-3)15-21(24)26(29-23)30-12-13-31(18(2)16-30)27(32)20-6-4-5-7-22(20)28/h4-11,14-15,18H,12-13,16H2,1-3H3. The highest BCUT2D eigenvalue weighted by Gasteiger charge is 2.33. The summed E-state index contributed by atoms with van der Waals surface area (Å²) in [6.07, 6.45) is 0. The summed E-state index contributed by atoms with van der Waals surface area (Å²) < 4.78 is 26.0. The number of hydrogen-bond donors (Lipinski definition) is 0. The zero-order chi connectivity index (χ0) is 23.8. The molecule has 0 N–H and O–H groups in total. The molecule has 2 aliphatic rings. The van der Waals surface area contributed by atoms with Crippen molar-refractivity contribution in [3.05, 3.63) is 83.2 Å². The number of carbonyl (C=O) groups is 1. The summed E-state index contributed by atoms with van der Waals surface area (Å²) in [5.74, 6) is 2.07. The largest absolute Gasteiger partial charge is 0.497 e. The molecule has 0 aliphatic carbocycles. The van der Waals surface area contributed by atoms with Crippen molar-refractivity contribution in [3.63, 3.8) is 0 Å². The summed E-state index contributed by atoms with van der Waals surface area (Å²) in [5, 5.41) is 0. The van der Waals surface area contributed by atoms with Crippen molar-refractivity contribution in [2.24, 2.45) is 4.99 Å². The van der Waals surface area contributed by atoms with Gasteiger partial charge in [0.15, 0.2) is 5.75 Å². The molecule has 2 aliphatic heterocycles. The monoisotopic (exact) mass is 459 g/mol. The first-order valence-corrected chi connectivity index (χ1v) is 11.3. The Morgan fingerprint density at radius 3 is 2.68 bits per heavy atom. The first-order chi connectivity index (χ1) is 16.4. The quantitative estimate of drug-likeness (QED) is 0.530. The van der Waals surface area contributed by atoms with Crippen molar-refractivity contribution >= 4 is 17.4 Å². The smallest absolute Gasteiger partial charge is 0.257 e. The van der Waals surface area contributed by atoms with Gasteiger partial charge in [-0.15, -0.1) is 0 Å². The lowest BCUT2D eigenvalue weighted by molar-refractivity contribution is 0.0576. The molecule has 3 aromatic carbocycles. The van der Waals surface area contributed by atoms with Gasteiger partial charge in [-0.1, -0.05) is 18.2 Å². The third-order valence-corrected chi connectivity index (χ3v) is 6.28. The zero-order valence-electron chi connectivity index (χ0n) is 19.4. The molecule has 1 atom stereocenters. The summed E-state index contributed by atoms with van der Waals surface area (Å²) in [6.45, 7) is 5.55. The lowest BCUT2D eigenvalue weighted by Crippen LogP contribution is -2.55. The van der Waals surface area contributed by atoms with Gasteiger partial charge in [-0.2, -0.15) is 0 Å². The normalized spacial score (nSPS) is 17.2. The number of methoxy groups -OCH3 is 1. The Bertz CT molecular complexity index is 1290. The highest BCUT2D eigenvalue weighted by Crippen LogP contribution is 2.40. The van der Waals surface area contributed by atoms with Crippen molar-refractivity contribution in [2.75, 3.05) is 26.7 Å². The Kier molecular flexibility index (Phi) is 5.69. The van der Waals surface area contributed by atoms with Gasteiger partial charge in [-0.3, -0.25) is 4.79 Å². The number of aliphatic imine (C=N–C) groups is 1. The Morgan fingerprint density at radius 2 is 1.91 bits per heavy atom. The number of ether oxygens (including phenoxy) is 2. The van der Waals surface area contributed by atoms with Crippen LogP contribution in [0.2, 0.25) is 0 Å². The third-order valence-electron chi connectivity index (χ3n) is 6.28. The van der Waals surface area contributed by atoms with E-state index >= 15 is 0 Å². The summed E-state index contributed by atoms with van der Waals surface area (Å²) >= 11 is 0. The average Bonchev–Trinajstić information content (AvgIpc) is 2.99. The number of benzene rings is 3. The third kappa shape index (κ3) is 3.98. The van der Waals surface area contributed by atoms with Crippen LogP contribution < -0.4 is 9.47 Å². The predicted octanol–water partition coefficient (Wildman–Crippen LogP) is 5.17. The van der Waals surface area contributed by atoms with E-state index in [0.29, 0.717) is 36.9 Å². The molecule has 0 spiro atoms. The molecule has 3 aromatic rings. The first kappa shape index (κ1) is 21.9. The second kappa shape index (κ2) is 8.82. The lowest BCUT2D eigenvalue weighted by Gasteiger charge is -2.41. The van der Waals surface area contributed by atoms with Gasteiger partial charge in [0.2, 0.25) is 0 Å². The molecule has 0 saturated carbocycles. The number of aryl methyl sites for hydroxylation is 1. The number of amides is 1. The summed E-state index contributed by atoms with van der Waals surface area (Å²) in [6, 6.07) is 17.6. The maximum Gasteiger partial charge on any atom is 0.257 e. The predicted molar refractivity (Wildman–Crippen MR) is 129 cm³/mol. The summed E-state index contributed by atoms with van der Waals surface area (Å²) in [4.78, 5) is 21.9. The zero-order valence-corrected chi connectivity index (χ0v) is 19.4. The molecule has 0 bridgehead atoms. The molecule has 1 fully saturated rings. The molecule has 174 valence electrons. The van der Waals surface area contributed by atoms with Crippen LogP contribution in [0.4, 0.5) is 10.1 Å². The molecule has 5 rings (SSSR count). The molecule has 1 unspecified atom stereocenters. The molecule has 7 heteroatoms. The van der Waals surface area contributed by atoms with E-state index in [2.05, 4.69) is 4.90 Å². The fraction of sp³-hybridized carbons (Fsp3) is 0.259. The Labute approximate surface area is 198 Å². The van der Waals surface area contributed by atoms with E-state index in [4.69, 9.17) is 14.5 Å². The molecule has 6 nitrogen and oxygen atoms in total. The minimum absolute atomic E-state index is 0.0994. The number of carbonyl (C=O) groups excluding carboxylic acids is 1. The van der Waals surface area contributed by atoms with Crippen molar-refractivity contribution in [1.82, 2.24) is 9.80 Å².